The first-order chi connectivity index (χ1) is 11.3. The zero-order valence-corrected chi connectivity index (χ0v) is 15.8. The van der Waals surface area contributed by atoms with Gasteiger partial charge in [-0.25, -0.2) is 0 Å². The van der Waals surface area contributed by atoms with Crippen LogP contribution in [0.3, 0.4) is 0 Å². The van der Waals surface area contributed by atoms with Crippen molar-refractivity contribution in [1.82, 2.24) is 0 Å². The molecular weight excluding hydrogens is 328 g/mol. The Labute approximate surface area is 145 Å². The molecule has 0 N–H and O–H groups in total. The molecule has 1 aromatic rings. The van der Waals surface area contributed by atoms with Crippen molar-refractivity contribution in [2.45, 2.75) is 64.4 Å². The molecule has 0 fully saturated rings. The maximum absolute atomic E-state index is 12.5. The maximum atomic E-state index is 12.5. The molecule has 2 atom stereocenters. The zero-order chi connectivity index (χ0) is 18.2. The normalized spacial score (nSPS) is 14.2. The van der Waals surface area contributed by atoms with Crippen LogP contribution < -0.4 is 0 Å². The summed E-state index contributed by atoms with van der Waals surface area (Å²) in [5, 5.41) is 0. The summed E-state index contributed by atoms with van der Waals surface area (Å²) in [6, 6.07) is 6.47. The highest BCUT2D eigenvalue weighted by atomic mass is 32.2. The Morgan fingerprint density at radius 3 is 2.33 bits per heavy atom. The summed E-state index contributed by atoms with van der Waals surface area (Å²) in [5.41, 5.74) is 0.966. The molecule has 0 saturated carbocycles. The Morgan fingerprint density at radius 2 is 1.79 bits per heavy atom. The second kappa shape index (κ2) is 9.79. The highest BCUT2D eigenvalue weighted by Gasteiger charge is 2.26. The minimum atomic E-state index is -3.91. The van der Waals surface area contributed by atoms with E-state index >= 15 is 0 Å². The summed E-state index contributed by atoms with van der Waals surface area (Å²) in [5.74, 6) is -0.173. The molecule has 0 aliphatic carbocycles. The van der Waals surface area contributed by atoms with Gasteiger partial charge in [-0.15, -0.1) is 0 Å². The molecule has 0 saturated heterocycles. The molecule has 24 heavy (non-hydrogen) atoms. The number of hydrogen-bond donors (Lipinski definition) is 0. The van der Waals surface area contributed by atoms with Gasteiger partial charge < -0.3 is 4.74 Å². The third-order valence-electron chi connectivity index (χ3n) is 3.72. The van der Waals surface area contributed by atoms with Crippen molar-refractivity contribution in [2.75, 3.05) is 6.61 Å². The van der Waals surface area contributed by atoms with Gasteiger partial charge in [-0.05, 0) is 38.3 Å². The average Bonchev–Trinajstić information content (AvgIpc) is 2.47. The van der Waals surface area contributed by atoms with Crippen LogP contribution in [0.2, 0.25) is 0 Å². The fourth-order valence-corrected chi connectivity index (χ4v) is 3.65. The Hall–Kier alpha value is -1.40. The van der Waals surface area contributed by atoms with Crippen LogP contribution in [0.5, 0.6) is 0 Å². The standard InChI is InChI=1S/C18H28O5S/c1-5-7-15(4)12-16(13-18(19)22-6-2)23-24(20,21)17-10-8-14(3)9-11-17/h8-11,15-16H,5-7,12-13H2,1-4H3/t15-,16?/m1/s1. The summed E-state index contributed by atoms with van der Waals surface area (Å²) >= 11 is 0. The molecule has 0 amide bonds. The van der Waals surface area contributed by atoms with E-state index in [0.29, 0.717) is 6.42 Å². The molecule has 0 heterocycles. The molecule has 0 radical (unpaired) electrons. The monoisotopic (exact) mass is 356 g/mol. The zero-order valence-electron chi connectivity index (χ0n) is 14.9. The van der Waals surface area contributed by atoms with Crippen molar-refractivity contribution in [3.63, 3.8) is 0 Å². The van der Waals surface area contributed by atoms with E-state index in [1.54, 1.807) is 19.1 Å². The molecule has 1 rings (SSSR count). The predicted octanol–water partition coefficient (Wildman–Crippen LogP) is 3.85. The van der Waals surface area contributed by atoms with Gasteiger partial charge in [-0.3, -0.25) is 8.98 Å². The van der Waals surface area contributed by atoms with Crippen molar-refractivity contribution < 1.29 is 22.1 Å². The summed E-state index contributed by atoms with van der Waals surface area (Å²) in [4.78, 5) is 11.9. The van der Waals surface area contributed by atoms with E-state index in [0.717, 1.165) is 18.4 Å². The highest BCUT2D eigenvalue weighted by molar-refractivity contribution is 7.86. The lowest BCUT2D eigenvalue weighted by molar-refractivity contribution is -0.145. The average molecular weight is 356 g/mol. The van der Waals surface area contributed by atoms with Crippen LogP contribution in [0.1, 0.15) is 52.0 Å². The maximum Gasteiger partial charge on any atom is 0.308 e. The number of carbonyl (C=O) groups is 1. The number of benzene rings is 1. The molecule has 0 aromatic heterocycles. The molecule has 0 aliphatic rings. The van der Waals surface area contributed by atoms with Gasteiger partial charge in [0.25, 0.3) is 10.1 Å². The van der Waals surface area contributed by atoms with Gasteiger partial charge in [0.2, 0.25) is 0 Å². The molecule has 0 spiro atoms. The van der Waals surface area contributed by atoms with Crippen LogP contribution in [0.4, 0.5) is 0 Å². The number of esters is 1. The van der Waals surface area contributed by atoms with E-state index in [1.165, 1.54) is 12.1 Å². The topological polar surface area (TPSA) is 69.7 Å². The summed E-state index contributed by atoms with van der Waals surface area (Å²) in [7, 11) is -3.91. The van der Waals surface area contributed by atoms with Crippen LogP contribution in [0.15, 0.2) is 29.2 Å². The van der Waals surface area contributed by atoms with Crippen LogP contribution in [-0.4, -0.2) is 27.1 Å². The van der Waals surface area contributed by atoms with E-state index < -0.39 is 22.2 Å². The Bertz CT molecular complexity index is 607. The number of carbonyl (C=O) groups excluding carboxylic acids is 1. The summed E-state index contributed by atoms with van der Waals surface area (Å²) < 4.78 is 35.2. The van der Waals surface area contributed by atoms with Gasteiger partial charge in [0.05, 0.1) is 24.0 Å². The van der Waals surface area contributed by atoms with Crippen LogP contribution in [-0.2, 0) is 23.8 Å². The highest BCUT2D eigenvalue weighted by Crippen LogP contribution is 2.22. The van der Waals surface area contributed by atoms with Crippen molar-refractivity contribution >= 4 is 16.1 Å². The van der Waals surface area contributed by atoms with Crippen LogP contribution >= 0.6 is 0 Å². The SMILES string of the molecule is CCC[C@@H](C)CC(CC(=O)OCC)OS(=O)(=O)c1ccc(C)cc1. The number of aryl methyl sites for hydroxylation is 1. The molecule has 1 aromatic carbocycles. The van der Waals surface area contributed by atoms with Gasteiger partial charge in [0.15, 0.2) is 0 Å². The van der Waals surface area contributed by atoms with Crippen LogP contribution in [0, 0.1) is 12.8 Å². The largest absolute Gasteiger partial charge is 0.466 e. The minimum Gasteiger partial charge on any atom is -0.466 e. The number of rotatable bonds is 10. The lowest BCUT2D eigenvalue weighted by atomic mass is 9.97. The first-order valence-electron chi connectivity index (χ1n) is 8.44. The lowest BCUT2D eigenvalue weighted by Crippen LogP contribution is -2.25. The van der Waals surface area contributed by atoms with Gasteiger partial charge in [0.1, 0.15) is 0 Å². The molecule has 5 nitrogen and oxygen atoms in total. The molecule has 1 unspecified atom stereocenters. The summed E-state index contributed by atoms with van der Waals surface area (Å²) in [6.45, 7) is 7.97. The molecule has 0 aliphatic heterocycles. The van der Waals surface area contributed by atoms with Crippen molar-refractivity contribution in [1.29, 1.82) is 0 Å². The number of hydrogen-bond acceptors (Lipinski definition) is 5. The van der Waals surface area contributed by atoms with Gasteiger partial charge >= 0.3 is 5.97 Å². The Balaban J connectivity index is 2.88. The lowest BCUT2D eigenvalue weighted by Gasteiger charge is -2.20. The van der Waals surface area contributed by atoms with Gasteiger partial charge in [-0.2, -0.15) is 8.42 Å². The number of ether oxygens (including phenoxy) is 1. The van der Waals surface area contributed by atoms with Crippen molar-refractivity contribution in [3.8, 4) is 0 Å². The molecule has 136 valence electrons. The van der Waals surface area contributed by atoms with Crippen molar-refractivity contribution in [2.24, 2.45) is 5.92 Å². The second-order valence-corrected chi connectivity index (χ2v) is 7.70. The molecule has 0 bridgehead atoms. The van der Waals surface area contributed by atoms with E-state index in [9.17, 15) is 13.2 Å². The quantitative estimate of drug-likeness (QED) is 0.470. The van der Waals surface area contributed by atoms with Gasteiger partial charge in [0, 0.05) is 0 Å². The minimum absolute atomic E-state index is 0.0625. The first-order valence-corrected chi connectivity index (χ1v) is 9.84. The van der Waals surface area contributed by atoms with Gasteiger partial charge in [-0.1, -0.05) is 44.4 Å². The van der Waals surface area contributed by atoms with E-state index in [1.807, 2.05) is 13.8 Å². The van der Waals surface area contributed by atoms with E-state index in [2.05, 4.69) is 6.92 Å². The fraction of sp³-hybridized carbons (Fsp3) is 0.611. The third kappa shape index (κ3) is 7.01. The first kappa shape index (κ1) is 20.6. The Kier molecular flexibility index (Phi) is 8.42. The van der Waals surface area contributed by atoms with Crippen LogP contribution in [0.25, 0.3) is 0 Å². The summed E-state index contributed by atoms with van der Waals surface area (Å²) in [6.07, 6.45) is 1.67. The fourth-order valence-electron chi connectivity index (χ4n) is 2.56. The van der Waals surface area contributed by atoms with E-state index in [4.69, 9.17) is 8.92 Å². The van der Waals surface area contributed by atoms with Crippen molar-refractivity contribution in [3.05, 3.63) is 29.8 Å². The molecular formula is C18H28O5S. The predicted molar refractivity (Wildman–Crippen MR) is 93.2 cm³/mol. The Morgan fingerprint density at radius 1 is 1.17 bits per heavy atom. The third-order valence-corrected chi connectivity index (χ3v) is 5.09. The van der Waals surface area contributed by atoms with E-state index in [-0.39, 0.29) is 23.8 Å². The smallest absolute Gasteiger partial charge is 0.308 e. The molecule has 6 heteroatoms. The second-order valence-electron chi connectivity index (χ2n) is 6.12.